The van der Waals surface area contributed by atoms with E-state index in [1.54, 1.807) is 18.3 Å². The van der Waals surface area contributed by atoms with E-state index in [0.717, 1.165) is 34.7 Å². The van der Waals surface area contributed by atoms with Crippen molar-refractivity contribution in [1.82, 2.24) is 9.88 Å². The number of hydrogen-bond acceptors (Lipinski definition) is 5. The molecule has 0 aliphatic heterocycles. The zero-order valence-corrected chi connectivity index (χ0v) is 18.1. The molecule has 1 N–H and O–H groups in total. The summed E-state index contributed by atoms with van der Waals surface area (Å²) in [5.41, 5.74) is 3.42. The Kier molecular flexibility index (Phi) is 6.26. The number of nitrogens with zero attached hydrogens (tertiary/aromatic N) is 2. The Morgan fingerprint density at radius 1 is 0.968 bits per heavy atom. The molecule has 4 aromatic rings. The van der Waals surface area contributed by atoms with Crippen LogP contribution in [0.3, 0.4) is 0 Å². The summed E-state index contributed by atoms with van der Waals surface area (Å²) in [6.07, 6.45) is 1.77. The van der Waals surface area contributed by atoms with Gasteiger partial charge in [-0.05, 0) is 80.8 Å². The maximum atomic E-state index is 9.89. The maximum Gasteiger partial charge on any atom is 0.137 e. The van der Waals surface area contributed by atoms with E-state index >= 15 is 0 Å². The first-order chi connectivity index (χ1) is 15.0. The molecule has 0 amide bonds. The summed E-state index contributed by atoms with van der Waals surface area (Å²) in [6.45, 7) is 1.50. The number of benzene rings is 2. The van der Waals surface area contributed by atoms with E-state index in [2.05, 4.69) is 9.88 Å². The number of ether oxygens (including phenoxy) is 1. The third-order valence-electron chi connectivity index (χ3n) is 4.84. The van der Waals surface area contributed by atoms with Gasteiger partial charge in [0.1, 0.15) is 29.6 Å². The van der Waals surface area contributed by atoms with Gasteiger partial charge in [-0.15, -0.1) is 0 Å². The van der Waals surface area contributed by atoms with Gasteiger partial charge in [0, 0.05) is 29.4 Å². The largest absolute Gasteiger partial charge is 0.506 e. The number of halogens is 1. The molecule has 31 heavy (non-hydrogen) atoms. The van der Waals surface area contributed by atoms with Crippen molar-refractivity contribution in [3.8, 4) is 45.4 Å². The van der Waals surface area contributed by atoms with Crippen LogP contribution in [0.5, 0.6) is 11.5 Å². The smallest absolute Gasteiger partial charge is 0.137 e. The van der Waals surface area contributed by atoms with Gasteiger partial charge in [-0.1, -0.05) is 11.6 Å². The summed E-state index contributed by atoms with van der Waals surface area (Å²) in [4.78, 5) is 6.66. The Bertz CT molecular complexity index is 1170. The highest BCUT2D eigenvalue weighted by Gasteiger charge is 2.14. The number of aromatic hydroxyl groups is 1. The average Bonchev–Trinajstić information content (AvgIpc) is 3.26. The molecule has 0 atom stereocenters. The van der Waals surface area contributed by atoms with Crippen LogP contribution in [0.25, 0.3) is 33.9 Å². The second-order valence-corrected chi connectivity index (χ2v) is 7.81. The van der Waals surface area contributed by atoms with E-state index in [1.165, 1.54) is 0 Å². The number of furan rings is 1. The minimum Gasteiger partial charge on any atom is -0.506 e. The molecule has 0 fully saturated rings. The molecule has 0 saturated heterocycles. The first-order valence-electron chi connectivity index (χ1n) is 9.93. The third kappa shape index (κ3) is 4.90. The molecule has 2 aromatic carbocycles. The lowest BCUT2D eigenvalue weighted by Gasteiger charge is -2.12. The molecule has 6 heteroatoms. The predicted molar refractivity (Wildman–Crippen MR) is 124 cm³/mol. The van der Waals surface area contributed by atoms with Crippen molar-refractivity contribution < 1.29 is 14.3 Å². The van der Waals surface area contributed by atoms with Crippen molar-refractivity contribution in [3.63, 3.8) is 0 Å². The van der Waals surface area contributed by atoms with Gasteiger partial charge in [0.25, 0.3) is 0 Å². The van der Waals surface area contributed by atoms with Gasteiger partial charge in [-0.3, -0.25) is 4.98 Å². The van der Waals surface area contributed by atoms with E-state index in [4.69, 9.17) is 20.8 Å². The molecule has 2 heterocycles. The summed E-state index contributed by atoms with van der Waals surface area (Å²) in [7, 11) is 4.04. The van der Waals surface area contributed by atoms with Crippen molar-refractivity contribution in [2.75, 3.05) is 27.2 Å². The third-order valence-corrected chi connectivity index (χ3v) is 5.16. The normalized spacial score (nSPS) is 11.1. The van der Waals surface area contributed by atoms with E-state index in [9.17, 15) is 5.11 Å². The van der Waals surface area contributed by atoms with Gasteiger partial charge >= 0.3 is 0 Å². The minimum absolute atomic E-state index is 0.0204. The van der Waals surface area contributed by atoms with Crippen LogP contribution in [0.1, 0.15) is 0 Å². The van der Waals surface area contributed by atoms with E-state index in [1.807, 2.05) is 68.7 Å². The highest BCUT2D eigenvalue weighted by molar-refractivity contribution is 6.32. The lowest BCUT2D eigenvalue weighted by molar-refractivity contribution is 0.261. The zero-order chi connectivity index (χ0) is 21.8. The molecular formula is C25H23ClN2O3. The van der Waals surface area contributed by atoms with Crippen LogP contribution in [-0.4, -0.2) is 42.2 Å². The molecule has 4 rings (SSSR count). The molecule has 0 unspecified atom stereocenters. The van der Waals surface area contributed by atoms with Gasteiger partial charge in [-0.25, -0.2) is 0 Å². The molecule has 0 saturated carbocycles. The zero-order valence-electron chi connectivity index (χ0n) is 17.4. The standard InChI is InChI=1S/C25H23ClN2O3/c1-28(2)14-15-30-19-8-5-17(6-9-19)25-20(4-3-13-27-25)24-12-11-23(31-24)18-7-10-21(26)22(29)16-18/h3-13,16,29H,14-15H2,1-2H3. The molecule has 0 aliphatic rings. The Morgan fingerprint density at radius 2 is 1.71 bits per heavy atom. The SMILES string of the molecule is CN(C)CCOc1ccc(-c2ncccc2-c2ccc(-c3ccc(Cl)c(O)c3)o2)cc1. The lowest BCUT2D eigenvalue weighted by Crippen LogP contribution is -2.19. The van der Waals surface area contributed by atoms with Crippen LogP contribution < -0.4 is 4.74 Å². The van der Waals surface area contributed by atoms with Gasteiger partial charge in [0.15, 0.2) is 0 Å². The van der Waals surface area contributed by atoms with Crippen LogP contribution in [0.15, 0.2) is 77.3 Å². The van der Waals surface area contributed by atoms with Crippen molar-refractivity contribution >= 4 is 11.6 Å². The number of phenolic OH excluding ortho intramolecular Hbond substituents is 1. The van der Waals surface area contributed by atoms with Crippen LogP contribution in [0, 0.1) is 0 Å². The van der Waals surface area contributed by atoms with Gasteiger partial charge in [0.05, 0.1) is 10.7 Å². The number of pyridine rings is 1. The molecule has 5 nitrogen and oxygen atoms in total. The topological polar surface area (TPSA) is 58.7 Å². The molecule has 2 aromatic heterocycles. The average molecular weight is 435 g/mol. The number of likely N-dealkylation sites (N-methyl/N-ethyl adjacent to an activating group) is 1. The quantitative estimate of drug-likeness (QED) is 0.388. The van der Waals surface area contributed by atoms with Crippen LogP contribution in [0.2, 0.25) is 5.02 Å². The van der Waals surface area contributed by atoms with Crippen molar-refractivity contribution in [2.45, 2.75) is 0 Å². The Labute approximate surface area is 186 Å². The highest BCUT2D eigenvalue weighted by Crippen LogP contribution is 2.36. The molecule has 0 spiro atoms. The molecular weight excluding hydrogens is 412 g/mol. The number of phenols is 1. The van der Waals surface area contributed by atoms with Crippen molar-refractivity contribution in [2.24, 2.45) is 0 Å². The highest BCUT2D eigenvalue weighted by atomic mass is 35.5. The van der Waals surface area contributed by atoms with E-state index in [0.29, 0.717) is 23.2 Å². The Morgan fingerprint density at radius 3 is 2.45 bits per heavy atom. The van der Waals surface area contributed by atoms with Gasteiger partial charge in [0.2, 0.25) is 0 Å². The van der Waals surface area contributed by atoms with Gasteiger partial charge in [-0.2, -0.15) is 0 Å². The summed E-state index contributed by atoms with van der Waals surface area (Å²) >= 11 is 5.91. The van der Waals surface area contributed by atoms with Crippen LogP contribution in [-0.2, 0) is 0 Å². The van der Waals surface area contributed by atoms with Gasteiger partial charge < -0.3 is 19.2 Å². The lowest BCUT2D eigenvalue weighted by atomic mass is 10.0. The van der Waals surface area contributed by atoms with E-state index < -0.39 is 0 Å². The summed E-state index contributed by atoms with van der Waals surface area (Å²) in [6, 6.07) is 20.6. The van der Waals surface area contributed by atoms with Crippen LogP contribution >= 0.6 is 11.6 Å². The summed E-state index contributed by atoms with van der Waals surface area (Å²) < 4.78 is 11.9. The Balaban J connectivity index is 1.59. The maximum absolute atomic E-state index is 9.89. The predicted octanol–water partition coefficient (Wildman–Crippen LogP) is 5.98. The van der Waals surface area contributed by atoms with Crippen LogP contribution in [0.4, 0.5) is 0 Å². The minimum atomic E-state index is 0.0204. The fourth-order valence-electron chi connectivity index (χ4n) is 3.19. The van der Waals surface area contributed by atoms with Crippen molar-refractivity contribution in [1.29, 1.82) is 0 Å². The number of aromatic nitrogens is 1. The molecule has 158 valence electrons. The van der Waals surface area contributed by atoms with E-state index in [-0.39, 0.29) is 5.75 Å². The second-order valence-electron chi connectivity index (χ2n) is 7.41. The number of hydrogen-bond donors (Lipinski definition) is 1. The fraction of sp³-hybridized carbons (Fsp3) is 0.160. The summed E-state index contributed by atoms with van der Waals surface area (Å²) in [5.74, 6) is 2.18. The molecule has 0 radical (unpaired) electrons. The number of rotatable bonds is 7. The second kappa shape index (κ2) is 9.25. The molecule has 0 bridgehead atoms. The monoisotopic (exact) mass is 434 g/mol. The Hall–Kier alpha value is -3.28. The first-order valence-corrected chi connectivity index (χ1v) is 10.3. The fourth-order valence-corrected chi connectivity index (χ4v) is 3.31. The van der Waals surface area contributed by atoms with Crippen molar-refractivity contribution in [3.05, 3.63) is 77.9 Å². The first kappa shape index (κ1) is 21.0. The summed E-state index contributed by atoms with van der Waals surface area (Å²) in [5, 5.41) is 10.2. The molecule has 0 aliphatic carbocycles.